The summed E-state index contributed by atoms with van der Waals surface area (Å²) in [4.78, 5) is 15.9. The van der Waals surface area contributed by atoms with Crippen LogP contribution in [0.4, 0.5) is 0 Å². The van der Waals surface area contributed by atoms with Crippen molar-refractivity contribution in [3.05, 3.63) is 70.3 Å². The van der Waals surface area contributed by atoms with Crippen LogP contribution in [0.1, 0.15) is 18.1 Å². The zero-order valence-electron chi connectivity index (χ0n) is 14.0. The Morgan fingerprint density at radius 3 is 2.85 bits per heavy atom. The molecule has 0 aliphatic rings. The summed E-state index contributed by atoms with van der Waals surface area (Å²) in [6.07, 6.45) is 4.24. The molecule has 3 aromatic heterocycles. The van der Waals surface area contributed by atoms with Gasteiger partial charge in [-0.25, -0.2) is 4.79 Å². The molecule has 0 amide bonds. The number of rotatable bonds is 5. The van der Waals surface area contributed by atoms with Crippen LogP contribution in [-0.4, -0.2) is 15.2 Å². The average Bonchev–Trinajstić information content (AvgIpc) is 3.15. The first-order valence-corrected chi connectivity index (χ1v) is 9.14. The number of benzene rings is 1. The van der Waals surface area contributed by atoms with Crippen LogP contribution < -0.4 is 5.63 Å². The monoisotopic (exact) mass is 365 g/mol. The van der Waals surface area contributed by atoms with Crippen molar-refractivity contribution >= 4 is 22.7 Å². The van der Waals surface area contributed by atoms with Gasteiger partial charge in [0.25, 0.3) is 5.22 Å². The topological polar surface area (TPSA) is 82.0 Å². The third-order valence-corrected chi connectivity index (χ3v) is 4.84. The number of hydrogen-bond acceptors (Lipinski definition) is 7. The minimum Gasteiger partial charge on any atom is -0.423 e. The van der Waals surface area contributed by atoms with Gasteiger partial charge in [-0.3, -0.25) is 4.98 Å². The lowest BCUT2D eigenvalue weighted by molar-refractivity contribution is 0.465. The van der Waals surface area contributed by atoms with Crippen LogP contribution in [0.15, 0.2) is 67.6 Å². The van der Waals surface area contributed by atoms with Crippen LogP contribution in [0.2, 0.25) is 0 Å². The van der Waals surface area contributed by atoms with E-state index in [4.69, 9.17) is 8.83 Å². The lowest BCUT2D eigenvalue weighted by Gasteiger charge is -2.05. The van der Waals surface area contributed by atoms with E-state index < -0.39 is 0 Å². The van der Waals surface area contributed by atoms with Gasteiger partial charge in [-0.05, 0) is 35.7 Å². The van der Waals surface area contributed by atoms with E-state index >= 15 is 0 Å². The highest BCUT2D eigenvalue weighted by molar-refractivity contribution is 7.98. The maximum Gasteiger partial charge on any atom is 0.336 e. The summed E-state index contributed by atoms with van der Waals surface area (Å²) in [7, 11) is 0. The Bertz CT molecular complexity index is 1110. The van der Waals surface area contributed by atoms with E-state index in [1.54, 1.807) is 12.4 Å². The van der Waals surface area contributed by atoms with Crippen molar-refractivity contribution in [1.82, 2.24) is 15.2 Å². The van der Waals surface area contributed by atoms with Gasteiger partial charge in [-0.1, -0.05) is 30.8 Å². The van der Waals surface area contributed by atoms with Gasteiger partial charge in [0.05, 0.1) is 5.56 Å². The van der Waals surface area contributed by atoms with Gasteiger partial charge in [-0.15, -0.1) is 10.2 Å². The van der Waals surface area contributed by atoms with Crippen LogP contribution in [-0.2, 0) is 12.2 Å². The Kier molecular flexibility index (Phi) is 4.53. The normalized spacial score (nSPS) is 11.1. The molecule has 0 aliphatic carbocycles. The molecule has 0 fully saturated rings. The number of aromatic nitrogens is 3. The maximum atomic E-state index is 11.9. The molecule has 0 saturated carbocycles. The summed E-state index contributed by atoms with van der Waals surface area (Å²) in [5.41, 5.74) is 3.02. The van der Waals surface area contributed by atoms with Crippen molar-refractivity contribution in [3.63, 3.8) is 0 Å². The third kappa shape index (κ3) is 3.39. The summed E-state index contributed by atoms with van der Waals surface area (Å²) in [5, 5.41) is 9.46. The van der Waals surface area contributed by atoms with Crippen molar-refractivity contribution in [2.45, 2.75) is 24.3 Å². The Morgan fingerprint density at radius 2 is 2.04 bits per heavy atom. The van der Waals surface area contributed by atoms with Gasteiger partial charge in [0.15, 0.2) is 0 Å². The molecule has 7 heteroatoms. The molecule has 3 heterocycles. The number of pyridine rings is 1. The van der Waals surface area contributed by atoms with E-state index in [1.165, 1.54) is 17.8 Å². The number of hydrogen-bond donors (Lipinski definition) is 0. The quantitative estimate of drug-likeness (QED) is 0.389. The summed E-state index contributed by atoms with van der Waals surface area (Å²) >= 11 is 1.38. The van der Waals surface area contributed by atoms with Gasteiger partial charge in [0.1, 0.15) is 5.58 Å². The SMILES string of the molecule is CCc1ccc2c(CSc3nnc(-c4cccnc4)o3)cc(=O)oc2c1. The molecule has 1 aromatic carbocycles. The van der Waals surface area contributed by atoms with Gasteiger partial charge in [0.2, 0.25) is 5.89 Å². The molecule has 0 bridgehead atoms. The molecule has 0 N–H and O–H groups in total. The minimum absolute atomic E-state index is 0.358. The van der Waals surface area contributed by atoms with Crippen molar-refractivity contribution in [1.29, 1.82) is 0 Å². The first kappa shape index (κ1) is 16.5. The fraction of sp³-hybridized carbons (Fsp3) is 0.158. The summed E-state index contributed by atoms with van der Waals surface area (Å²) in [5.74, 6) is 0.952. The fourth-order valence-corrected chi connectivity index (χ4v) is 3.38. The second kappa shape index (κ2) is 7.13. The van der Waals surface area contributed by atoms with Crippen molar-refractivity contribution in [3.8, 4) is 11.5 Å². The van der Waals surface area contributed by atoms with E-state index in [0.717, 1.165) is 28.5 Å². The van der Waals surface area contributed by atoms with Gasteiger partial charge < -0.3 is 8.83 Å². The molecule has 4 aromatic rings. The Hall–Kier alpha value is -2.93. The molecule has 0 atom stereocenters. The molecule has 0 radical (unpaired) electrons. The van der Waals surface area contributed by atoms with Gasteiger partial charge >= 0.3 is 5.63 Å². The Balaban J connectivity index is 1.58. The molecule has 0 spiro atoms. The highest BCUT2D eigenvalue weighted by Gasteiger charge is 2.12. The van der Waals surface area contributed by atoms with Crippen LogP contribution in [0, 0.1) is 0 Å². The highest BCUT2D eigenvalue weighted by atomic mass is 32.2. The predicted octanol–water partition coefficient (Wildman–Crippen LogP) is 4.09. The lowest BCUT2D eigenvalue weighted by atomic mass is 10.1. The number of fused-ring (bicyclic) bond motifs is 1. The van der Waals surface area contributed by atoms with Crippen molar-refractivity contribution in [2.24, 2.45) is 0 Å². The molecular formula is C19H15N3O3S. The first-order valence-electron chi connectivity index (χ1n) is 8.15. The van der Waals surface area contributed by atoms with E-state index in [9.17, 15) is 4.79 Å². The van der Waals surface area contributed by atoms with Crippen molar-refractivity contribution < 1.29 is 8.83 Å². The maximum absolute atomic E-state index is 11.9. The van der Waals surface area contributed by atoms with Crippen LogP contribution >= 0.6 is 11.8 Å². The second-order valence-electron chi connectivity index (χ2n) is 5.68. The summed E-state index contributed by atoms with van der Waals surface area (Å²) in [6, 6.07) is 11.1. The molecule has 0 aliphatic heterocycles. The predicted molar refractivity (Wildman–Crippen MR) is 99.0 cm³/mol. The van der Waals surface area contributed by atoms with Crippen LogP contribution in [0.5, 0.6) is 0 Å². The molecule has 4 rings (SSSR count). The fourth-order valence-electron chi connectivity index (χ4n) is 2.63. The molecule has 0 saturated heterocycles. The molecule has 26 heavy (non-hydrogen) atoms. The zero-order valence-corrected chi connectivity index (χ0v) is 14.8. The first-order chi connectivity index (χ1) is 12.7. The Morgan fingerprint density at radius 1 is 1.12 bits per heavy atom. The third-order valence-electron chi connectivity index (χ3n) is 3.97. The highest BCUT2D eigenvalue weighted by Crippen LogP contribution is 2.28. The summed E-state index contributed by atoms with van der Waals surface area (Å²) in [6.45, 7) is 2.06. The average molecular weight is 365 g/mol. The smallest absolute Gasteiger partial charge is 0.336 e. The van der Waals surface area contributed by atoms with E-state index in [1.807, 2.05) is 30.3 Å². The van der Waals surface area contributed by atoms with E-state index in [2.05, 4.69) is 22.1 Å². The van der Waals surface area contributed by atoms with E-state index in [0.29, 0.717) is 22.4 Å². The van der Waals surface area contributed by atoms with E-state index in [-0.39, 0.29) is 5.63 Å². The summed E-state index contributed by atoms with van der Waals surface area (Å²) < 4.78 is 11.0. The zero-order chi connectivity index (χ0) is 17.9. The second-order valence-corrected chi connectivity index (χ2v) is 6.60. The van der Waals surface area contributed by atoms with Crippen LogP contribution in [0.3, 0.4) is 0 Å². The molecule has 130 valence electrons. The largest absolute Gasteiger partial charge is 0.423 e. The number of nitrogens with zero attached hydrogens (tertiary/aromatic N) is 3. The number of thioether (sulfide) groups is 1. The van der Waals surface area contributed by atoms with Gasteiger partial charge in [0, 0.05) is 29.6 Å². The number of aryl methyl sites for hydroxylation is 1. The molecule has 6 nitrogen and oxygen atoms in total. The lowest BCUT2D eigenvalue weighted by Crippen LogP contribution is -2.00. The Labute approximate surface area is 153 Å². The minimum atomic E-state index is -0.358. The van der Waals surface area contributed by atoms with Crippen LogP contribution in [0.25, 0.3) is 22.4 Å². The van der Waals surface area contributed by atoms with Gasteiger partial charge in [-0.2, -0.15) is 0 Å². The molecule has 0 unspecified atom stereocenters. The standard InChI is InChI=1S/C19H15N3O3S/c1-2-12-5-6-15-14(9-17(23)24-16(15)8-12)11-26-19-22-21-18(25-19)13-4-3-7-20-10-13/h3-10H,2,11H2,1H3. The molecular weight excluding hydrogens is 350 g/mol. The van der Waals surface area contributed by atoms with Crippen molar-refractivity contribution in [2.75, 3.05) is 0 Å².